The van der Waals surface area contributed by atoms with Gasteiger partial charge >= 0.3 is 6.18 Å². The van der Waals surface area contributed by atoms with Crippen LogP contribution in [0.25, 0.3) is 21.5 Å². The van der Waals surface area contributed by atoms with Gasteiger partial charge in [-0.15, -0.1) is 21.5 Å². The Kier molecular flexibility index (Phi) is 8.57. The van der Waals surface area contributed by atoms with E-state index in [0.717, 1.165) is 41.9 Å². The van der Waals surface area contributed by atoms with Crippen LogP contribution in [-0.2, 0) is 17.7 Å². The Bertz CT molecular complexity index is 1480. The van der Waals surface area contributed by atoms with E-state index in [0.29, 0.717) is 33.4 Å². The number of alkyl halides is 3. The van der Waals surface area contributed by atoms with E-state index in [2.05, 4.69) is 49.6 Å². The molecule has 41 heavy (non-hydrogen) atoms. The highest BCUT2D eigenvalue weighted by Gasteiger charge is 2.37. The summed E-state index contributed by atoms with van der Waals surface area (Å²) in [7, 11) is 6.84. The van der Waals surface area contributed by atoms with Gasteiger partial charge in [-0.05, 0) is 31.5 Å². The lowest BCUT2D eigenvalue weighted by molar-refractivity contribution is -0.126. The molecule has 3 heterocycles. The number of benzene rings is 1. The average molecular weight is 589 g/mol. The Morgan fingerprint density at radius 2 is 1.80 bits per heavy atom. The number of nitrogens with one attached hydrogen (secondary N) is 1. The number of hydrogen-bond acceptors (Lipinski definition) is 10. The lowest BCUT2D eigenvalue weighted by Crippen LogP contribution is -2.31. The van der Waals surface area contributed by atoms with Crippen molar-refractivity contribution in [3.63, 3.8) is 0 Å². The molecule has 1 aromatic carbocycles. The molecule has 13 heteroatoms. The second kappa shape index (κ2) is 12.1. The first-order valence-corrected chi connectivity index (χ1v) is 13.8. The van der Waals surface area contributed by atoms with Crippen LogP contribution < -0.4 is 14.8 Å². The zero-order chi connectivity index (χ0) is 29.1. The third kappa shape index (κ3) is 6.68. The molecule has 4 aromatic rings. The second-order valence-electron chi connectivity index (χ2n) is 10.0. The van der Waals surface area contributed by atoms with Crippen molar-refractivity contribution in [3.8, 4) is 22.9 Å². The first-order chi connectivity index (χ1) is 19.7. The highest BCUT2D eigenvalue weighted by molar-refractivity contribution is 7.18. The van der Waals surface area contributed by atoms with Crippen molar-refractivity contribution in [2.24, 2.45) is 0 Å². The molecular weight excluding hydrogens is 557 g/mol. The van der Waals surface area contributed by atoms with Crippen molar-refractivity contribution in [3.05, 3.63) is 53.2 Å². The van der Waals surface area contributed by atoms with Crippen molar-refractivity contribution >= 4 is 27.4 Å². The molecule has 0 unspecified atom stereocenters. The van der Waals surface area contributed by atoms with Gasteiger partial charge in [-0.3, -0.25) is 4.90 Å². The van der Waals surface area contributed by atoms with Crippen LogP contribution in [0.15, 0.2) is 42.7 Å². The number of aromatic nitrogens is 4. The van der Waals surface area contributed by atoms with Crippen molar-refractivity contribution < 1.29 is 27.4 Å². The van der Waals surface area contributed by atoms with Crippen molar-refractivity contribution in [1.29, 1.82) is 0 Å². The molecule has 1 N–H and O–H groups in total. The fourth-order valence-corrected chi connectivity index (χ4v) is 6.24. The Labute approximate surface area is 239 Å². The minimum atomic E-state index is -4.27. The lowest BCUT2D eigenvalue weighted by atomic mass is 10.1. The molecule has 1 aliphatic rings. The van der Waals surface area contributed by atoms with Gasteiger partial charge in [-0.2, -0.15) is 13.2 Å². The van der Waals surface area contributed by atoms with Gasteiger partial charge in [0.05, 0.1) is 43.9 Å². The Morgan fingerprint density at radius 1 is 1.02 bits per heavy atom. The number of halogens is 3. The van der Waals surface area contributed by atoms with E-state index in [4.69, 9.17) is 14.2 Å². The third-order valence-corrected chi connectivity index (χ3v) is 8.35. The number of thiophene rings is 1. The van der Waals surface area contributed by atoms with Gasteiger partial charge in [-0.1, -0.05) is 24.3 Å². The topological polar surface area (TPSA) is 94.5 Å². The van der Waals surface area contributed by atoms with Crippen LogP contribution in [0.4, 0.5) is 19.0 Å². The average Bonchev–Trinajstić information content (AvgIpc) is 3.56. The van der Waals surface area contributed by atoms with Gasteiger partial charge in [0.1, 0.15) is 17.0 Å². The molecule has 0 saturated heterocycles. The van der Waals surface area contributed by atoms with Crippen molar-refractivity contribution in [1.82, 2.24) is 25.1 Å². The van der Waals surface area contributed by atoms with E-state index in [9.17, 15) is 13.2 Å². The summed E-state index contributed by atoms with van der Waals surface area (Å²) in [6.45, 7) is 0.731. The molecular formula is C28H31F3N6O3S. The quantitative estimate of drug-likeness (QED) is 0.263. The van der Waals surface area contributed by atoms with Crippen LogP contribution in [0.5, 0.6) is 11.6 Å². The molecule has 1 saturated carbocycles. The number of nitrogens with zero attached hydrogens (tertiary/aromatic N) is 5. The van der Waals surface area contributed by atoms with Crippen LogP contribution in [0.2, 0.25) is 0 Å². The Balaban J connectivity index is 1.24. The van der Waals surface area contributed by atoms with Crippen molar-refractivity contribution in [2.75, 3.05) is 33.7 Å². The first kappa shape index (κ1) is 29.0. The number of methoxy groups -OCH3 is 3. The summed E-state index contributed by atoms with van der Waals surface area (Å²) in [5, 5.41) is 12.4. The highest BCUT2D eigenvalue weighted by Crippen LogP contribution is 2.35. The molecule has 3 atom stereocenters. The summed E-state index contributed by atoms with van der Waals surface area (Å²) in [5.41, 5.74) is 2.74. The number of rotatable bonds is 10. The summed E-state index contributed by atoms with van der Waals surface area (Å²) in [6, 6.07) is 11.6. The molecule has 3 aromatic heterocycles. The predicted octanol–water partition coefficient (Wildman–Crippen LogP) is 5.36. The number of anilines is 1. The molecule has 9 nitrogen and oxygen atoms in total. The van der Waals surface area contributed by atoms with Crippen LogP contribution in [0, 0.1) is 0 Å². The maximum Gasteiger partial charge on any atom is 0.393 e. The first-order valence-electron chi connectivity index (χ1n) is 13.0. The maximum atomic E-state index is 12.9. The van der Waals surface area contributed by atoms with E-state index in [1.165, 1.54) is 19.5 Å². The van der Waals surface area contributed by atoms with Gasteiger partial charge in [0.2, 0.25) is 0 Å². The van der Waals surface area contributed by atoms with Crippen LogP contribution in [0.1, 0.15) is 23.3 Å². The summed E-state index contributed by atoms with van der Waals surface area (Å²) in [5.74, 6) is 1.38. The number of hydrogen-bond donors (Lipinski definition) is 1. The summed E-state index contributed by atoms with van der Waals surface area (Å²) in [4.78, 5) is 11.6. The van der Waals surface area contributed by atoms with Crippen LogP contribution in [0.3, 0.4) is 0 Å². The fourth-order valence-electron chi connectivity index (χ4n) is 5.22. The normalized spacial score (nSPS) is 19.2. The minimum Gasteiger partial charge on any atom is -0.491 e. The zero-order valence-electron chi connectivity index (χ0n) is 23.1. The van der Waals surface area contributed by atoms with Crippen LogP contribution in [-0.4, -0.2) is 77.8 Å². The Hall–Kier alpha value is -3.55. The van der Waals surface area contributed by atoms with Crippen LogP contribution >= 0.6 is 11.3 Å². The smallest absolute Gasteiger partial charge is 0.393 e. The summed E-state index contributed by atoms with van der Waals surface area (Å²) in [6.07, 6.45) is -2.35. The van der Waals surface area contributed by atoms with Gasteiger partial charge in [-0.25, -0.2) is 9.97 Å². The molecule has 0 radical (unpaired) electrons. The molecule has 1 fully saturated rings. The predicted molar refractivity (Wildman–Crippen MR) is 150 cm³/mol. The number of ether oxygens (including phenoxy) is 3. The number of fused-ring (bicyclic) bond motifs is 1. The standard InChI is InChI=1S/C28H31F3N6O3S/c1-37(14-16-5-7-17(8-6-16)21-12-24(39-3)26(40-4)36-35-21)18-9-22(23(10-18)38-2)34-25-20-11-19(13-28(29,30)31)41-27(20)33-15-32-25/h5-8,11-12,15,18,22-23H,9-10,13-14H2,1-4H3,(H,32,33,34)/t18-,22+,23-/m1/s1. The van der Waals surface area contributed by atoms with E-state index in [1.54, 1.807) is 20.3 Å². The molecule has 1 aliphatic carbocycles. The summed E-state index contributed by atoms with van der Waals surface area (Å²) < 4.78 is 55.1. The van der Waals surface area contributed by atoms with E-state index in [1.807, 2.05) is 12.1 Å². The fraction of sp³-hybridized carbons (Fsp3) is 0.429. The SMILES string of the molecule is COc1cc(-c2ccc(CN(C)[C@@H]3C[C@H](Nc4ncnc5sc(CC(F)(F)F)cc45)[C@H](OC)C3)cc2)nnc1OC. The van der Waals surface area contributed by atoms with Gasteiger partial charge in [0.15, 0.2) is 5.75 Å². The molecule has 0 bridgehead atoms. The van der Waals surface area contributed by atoms with E-state index < -0.39 is 12.6 Å². The molecule has 5 rings (SSSR count). The second-order valence-corrected chi connectivity index (χ2v) is 11.1. The maximum absolute atomic E-state index is 12.9. The molecule has 0 amide bonds. The van der Waals surface area contributed by atoms with E-state index >= 15 is 0 Å². The van der Waals surface area contributed by atoms with Crippen molar-refractivity contribution in [2.45, 2.75) is 50.2 Å². The highest BCUT2D eigenvalue weighted by atomic mass is 32.1. The molecule has 0 spiro atoms. The zero-order valence-corrected chi connectivity index (χ0v) is 23.9. The molecule has 218 valence electrons. The largest absolute Gasteiger partial charge is 0.491 e. The van der Waals surface area contributed by atoms with Gasteiger partial charge in [0, 0.05) is 36.2 Å². The molecule has 0 aliphatic heterocycles. The minimum absolute atomic E-state index is 0.0532. The lowest BCUT2D eigenvalue weighted by Gasteiger charge is -2.24. The third-order valence-electron chi connectivity index (χ3n) is 7.30. The summed E-state index contributed by atoms with van der Waals surface area (Å²) >= 11 is 1.04. The van der Waals surface area contributed by atoms with Gasteiger partial charge in [0.25, 0.3) is 5.88 Å². The van der Waals surface area contributed by atoms with E-state index in [-0.39, 0.29) is 23.1 Å². The monoisotopic (exact) mass is 588 g/mol. The van der Waals surface area contributed by atoms with Gasteiger partial charge < -0.3 is 19.5 Å². The Morgan fingerprint density at radius 3 is 2.49 bits per heavy atom.